The van der Waals surface area contributed by atoms with Crippen LogP contribution in [0, 0.1) is 48.5 Å². The number of hydrogen-bond donors (Lipinski definition) is 0. The molecule has 7 aromatic carbocycles. The minimum atomic E-state index is 0.716. The second kappa shape index (κ2) is 26.5. The summed E-state index contributed by atoms with van der Waals surface area (Å²) in [5, 5.41) is 15.7. The molecule has 476 valence electrons. The predicted octanol–water partition coefficient (Wildman–Crippen LogP) is 23.0. The molecule has 0 saturated carbocycles. The fourth-order valence-electron chi connectivity index (χ4n) is 12.3. The number of rotatable bonds is 0. The second-order valence-corrected chi connectivity index (χ2v) is 24.0. The maximum absolute atomic E-state index is 5.67. The molecule has 0 saturated heterocycles. The fourth-order valence-corrected chi connectivity index (χ4v) is 12.3. The Labute approximate surface area is 560 Å². The van der Waals surface area contributed by atoms with Crippen LogP contribution in [0.3, 0.4) is 0 Å². The molecule has 98 heavy (non-hydrogen) atoms. The number of furan rings is 7. The van der Waals surface area contributed by atoms with Gasteiger partial charge in [0, 0.05) is 113 Å². The van der Waals surface area contributed by atoms with Gasteiger partial charge in [0.05, 0.1) is 5.39 Å². The summed E-state index contributed by atoms with van der Waals surface area (Å²) in [7, 11) is 0. The molecule has 21 rings (SSSR count). The molecule has 14 heteroatoms. The molecule has 0 bridgehead atoms. The molecule has 0 aliphatic carbocycles. The molecular formula is C84H63N7O7. The van der Waals surface area contributed by atoms with E-state index in [0.29, 0.717) is 11.4 Å². The Morgan fingerprint density at radius 1 is 0.224 bits per heavy atom. The van der Waals surface area contributed by atoms with Crippen molar-refractivity contribution in [3.8, 4) is 0 Å². The Balaban J connectivity index is 0.0000000933. The first-order chi connectivity index (χ1) is 48.0. The molecule has 0 atom stereocenters. The van der Waals surface area contributed by atoms with Crippen molar-refractivity contribution < 1.29 is 30.9 Å². The van der Waals surface area contributed by atoms with Crippen LogP contribution in [0.25, 0.3) is 154 Å². The zero-order valence-electron chi connectivity index (χ0n) is 54.7. The second-order valence-electron chi connectivity index (χ2n) is 24.0. The highest BCUT2D eigenvalue weighted by atomic mass is 16.4. The third kappa shape index (κ3) is 12.2. The standard InChI is InChI=1S/7C12H9NO/c1-8-4-2-6-10-11(8)9-5-3-7-13-12(9)14-10;1-8-4-2-5-9-10-6-3-7-13-12(10)14-11(8)9;1-8-4-5-9-10-3-2-6-13-12(10)14-11(9)7-8;1-8-4-5-11-10(7-8)9-3-2-6-13-12(9)14-11;1-8-6-10-9-4-2-3-5-11(9)14-12(10)13-7-8;1-8-6-7-10-9-4-2-3-5-11(9)14-12(10)13-8;1-8-6-7-13-12-11(8)9-4-2-3-5-10(9)14-12/h7*2-7H,1H3. The highest BCUT2D eigenvalue weighted by Gasteiger charge is 2.14. The molecule has 0 N–H and O–H groups in total. The number of aromatic nitrogens is 7. The van der Waals surface area contributed by atoms with E-state index in [1.54, 1.807) is 31.0 Å². The van der Waals surface area contributed by atoms with Crippen LogP contribution in [0.15, 0.2) is 286 Å². The first-order valence-electron chi connectivity index (χ1n) is 32.1. The van der Waals surface area contributed by atoms with Gasteiger partial charge in [-0.1, -0.05) is 109 Å². The maximum Gasteiger partial charge on any atom is 0.227 e. The lowest BCUT2D eigenvalue weighted by atomic mass is 10.1. The van der Waals surface area contributed by atoms with Gasteiger partial charge in [-0.2, -0.15) is 0 Å². The summed E-state index contributed by atoms with van der Waals surface area (Å²) in [5.74, 6) is 0. The minimum Gasteiger partial charge on any atom is -0.438 e. The Morgan fingerprint density at radius 3 is 1.37 bits per heavy atom. The molecular weight excluding hydrogens is 1220 g/mol. The Bertz CT molecular complexity index is 6090. The van der Waals surface area contributed by atoms with Crippen LogP contribution < -0.4 is 0 Å². The van der Waals surface area contributed by atoms with Gasteiger partial charge >= 0.3 is 0 Å². The van der Waals surface area contributed by atoms with E-state index in [9.17, 15) is 0 Å². The van der Waals surface area contributed by atoms with Crippen LogP contribution in [0.5, 0.6) is 0 Å². The number of pyridine rings is 7. The number of para-hydroxylation sites is 4. The van der Waals surface area contributed by atoms with E-state index >= 15 is 0 Å². The smallest absolute Gasteiger partial charge is 0.227 e. The summed E-state index contributed by atoms with van der Waals surface area (Å²) in [5.41, 5.74) is 19.6. The number of hydrogen-bond acceptors (Lipinski definition) is 14. The van der Waals surface area contributed by atoms with Crippen LogP contribution in [0.4, 0.5) is 0 Å². The van der Waals surface area contributed by atoms with E-state index in [0.717, 1.165) is 154 Å². The van der Waals surface area contributed by atoms with E-state index in [4.69, 9.17) is 30.9 Å². The van der Waals surface area contributed by atoms with Gasteiger partial charge in [-0.05, 0) is 192 Å². The van der Waals surface area contributed by atoms with Gasteiger partial charge in [-0.25, -0.2) is 34.9 Å². The van der Waals surface area contributed by atoms with E-state index in [2.05, 4.69) is 123 Å². The number of fused-ring (bicyclic) bond motifs is 21. The molecule has 0 spiro atoms. The highest BCUT2D eigenvalue weighted by molar-refractivity contribution is 6.09. The number of nitrogens with zero attached hydrogens (tertiary/aromatic N) is 7. The van der Waals surface area contributed by atoms with Gasteiger partial charge in [0.1, 0.15) is 39.1 Å². The average Bonchev–Trinajstić information content (AvgIpc) is 1.76. The van der Waals surface area contributed by atoms with Gasteiger partial charge in [0.15, 0.2) is 0 Å². The van der Waals surface area contributed by atoms with Crippen LogP contribution >= 0.6 is 0 Å². The average molecular weight is 1280 g/mol. The molecule has 0 aliphatic heterocycles. The van der Waals surface area contributed by atoms with Crippen LogP contribution in [0.2, 0.25) is 0 Å². The largest absolute Gasteiger partial charge is 0.438 e. The SMILES string of the molecule is Cc1ccc2c(c1)oc1ncccc12.Cc1ccc2c(n1)oc1ccccc12.Cc1ccc2oc3ncccc3c2c1.Cc1cccc2c1oc1ncccc12.Cc1cccc2oc3ncccc3c12.Cc1ccnc2oc3ccccc3c12.Cc1cnc2oc3ccccc3c2c1. The summed E-state index contributed by atoms with van der Waals surface area (Å²) in [6, 6.07) is 72.7. The Hall–Kier alpha value is -12.8. The van der Waals surface area contributed by atoms with E-state index in [-0.39, 0.29) is 0 Å². The summed E-state index contributed by atoms with van der Waals surface area (Å²) in [6.07, 6.45) is 10.6. The number of aryl methyl sites for hydroxylation is 7. The summed E-state index contributed by atoms with van der Waals surface area (Å²) >= 11 is 0. The predicted molar refractivity (Wildman–Crippen MR) is 394 cm³/mol. The maximum atomic E-state index is 5.67. The molecule has 14 aromatic heterocycles. The van der Waals surface area contributed by atoms with Crippen molar-refractivity contribution in [2.24, 2.45) is 0 Å². The van der Waals surface area contributed by atoms with Crippen LogP contribution in [-0.2, 0) is 0 Å². The van der Waals surface area contributed by atoms with Gasteiger partial charge < -0.3 is 30.9 Å². The lowest BCUT2D eigenvalue weighted by molar-refractivity contribution is 0.651. The molecule has 14 heterocycles. The molecule has 0 radical (unpaired) electrons. The van der Waals surface area contributed by atoms with Crippen molar-refractivity contribution in [3.05, 3.63) is 295 Å². The minimum absolute atomic E-state index is 0.716. The summed E-state index contributed by atoms with van der Waals surface area (Å²) in [6.45, 7) is 14.3. The summed E-state index contributed by atoms with van der Waals surface area (Å²) < 4.78 is 39.4. The first kappa shape index (κ1) is 61.4. The summed E-state index contributed by atoms with van der Waals surface area (Å²) in [4.78, 5) is 29.6. The quantitative estimate of drug-likeness (QED) is 0.140. The van der Waals surface area contributed by atoms with Gasteiger partial charge in [-0.3, -0.25) is 0 Å². The molecule has 0 fully saturated rings. The van der Waals surface area contributed by atoms with Gasteiger partial charge in [0.2, 0.25) is 40.0 Å². The lowest BCUT2D eigenvalue weighted by Crippen LogP contribution is -1.77. The third-order valence-electron chi connectivity index (χ3n) is 17.0. The molecule has 0 unspecified atom stereocenters. The zero-order valence-corrected chi connectivity index (χ0v) is 54.7. The molecule has 21 aromatic rings. The van der Waals surface area contributed by atoms with Gasteiger partial charge in [0.25, 0.3) is 0 Å². The lowest BCUT2D eigenvalue weighted by Gasteiger charge is -1.92. The Morgan fingerprint density at radius 2 is 0.653 bits per heavy atom. The van der Waals surface area contributed by atoms with Crippen molar-refractivity contribution in [3.63, 3.8) is 0 Å². The van der Waals surface area contributed by atoms with Crippen LogP contribution in [-0.4, -0.2) is 34.9 Å². The number of benzene rings is 7. The normalized spacial score (nSPS) is 11.2. The van der Waals surface area contributed by atoms with Crippen molar-refractivity contribution in [1.29, 1.82) is 0 Å². The van der Waals surface area contributed by atoms with Crippen molar-refractivity contribution >= 4 is 154 Å². The third-order valence-corrected chi connectivity index (χ3v) is 17.0. The van der Waals surface area contributed by atoms with Crippen molar-refractivity contribution in [2.45, 2.75) is 48.5 Å². The van der Waals surface area contributed by atoms with E-state index < -0.39 is 0 Å². The van der Waals surface area contributed by atoms with Crippen molar-refractivity contribution in [2.75, 3.05) is 0 Å². The van der Waals surface area contributed by atoms with Crippen LogP contribution in [0.1, 0.15) is 39.1 Å². The monoisotopic (exact) mass is 1280 g/mol. The molecule has 0 amide bonds. The Kier molecular flexibility index (Phi) is 16.6. The van der Waals surface area contributed by atoms with E-state index in [1.165, 1.54) is 27.6 Å². The molecule has 0 aliphatic rings. The van der Waals surface area contributed by atoms with E-state index in [1.807, 2.05) is 185 Å². The first-order valence-corrected chi connectivity index (χ1v) is 32.1. The van der Waals surface area contributed by atoms with Crippen molar-refractivity contribution in [1.82, 2.24) is 34.9 Å². The molecule has 14 nitrogen and oxygen atoms in total. The fraction of sp³-hybridized carbons (Fsp3) is 0.0833. The highest BCUT2D eigenvalue weighted by Crippen LogP contribution is 2.34. The zero-order chi connectivity index (χ0) is 66.8. The van der Waals surface area contributed by atoms with Gasteiger partial charge in [-0.15, -0.1) is 0 Å². The topological polar surface area (TPSA) is 182 Å².